The van der Waals surface area contributed by atoms with E-state index in [2.05, 4.69) is 0 Å². The average Bonchev–Trinajstić information content (AvgIpc) is 3.45. The second kappa shape index (κ2) is 6.57. The monoisotopic (exact) mass is 367 g/mol. The molecule has 1 aliphatic carbocycles. The van der Waals surface area contributed by atoms with E-state index < -0.39 is 0 Å². The highest BCUT2D eigenvalue weighted by Gasteiger charge is 2.28. The van der Waals surface area contributed by atoms with E-state index in [1.807, 2.05) is 30.3 Å². The number of benzene rings is 2. The van der Waals surface area contributed by atoms with E-state index >= 15 is 0 Å². The molecule has 2 aromatic carbocycles. The number of nitrogens with zero attached hydrogens (tertiary/aromatic N) is 3. The van der Waals surface area contributed by atoms with Crippen LogP contribution in [0.5, 0.6) is 0 Å². The zero-order chi connectivity index (χ0) is 18.3. The van der Waals surface area contributed by atoms with Gasteiger partial charge in [0.1, 0.15) is 0 Å². The molecule has 132 valence electrons. The molecule has 4 rings (SSSR count). The Kier molecular flexibility index (Phi) is 4.24. The maximum atomic E-state index is 12.9. The smallest absolute Gasteiger partial charge is 0.272 e. The number of nitro benzene ring substituents is 1. The minimum Gasteiger partial charge on any atom is -0.284 e. The van der Waals surface area contributed by atoms with Crippen molar-refractivity contribution in [2.75, 3.05) is 0 Å². The SMILES string of the molecule is Cc1c(CSc2nc3ccccc3c(=O)n2C2CC2)cccc1[N+](=O)[O-]. The Morgan fingerprint density at radius 3 is 2.73 bits per heavy atom. The molecule has 0 radical (unpaired) electrons. The normalized spacial score (nSPS) is 13.9. The fourth-order valence-corrected chi connectivity index (χ4v) is 4.18. The van der Waals surface area contributed by atoms with Gasteiger partial charge in [0.2, 0.25) is 0 Å². The summed E-state index contributed by atoms with van der Waals surface area (Å²) in [5.74, 6) is 0.533. The third-order valence-corrected chi connectivity index (χ3v) is 5.66. The summed E-state index contributed by atoms with van der Waals surface area (Å²) in [5, 5.41) is 12.4. The van der Waals surface area contributed by atoms with E-state index in [1.165, 1.54) is 17.8 Å². The van der Waals surface area contributed by atoms with Gasteiger partial charge in [0.15, 0.2) is 5.16 Å². The summed E-state index contributed by atoms with van der Waals surface area (Å²) in [5.41, 5.74) is 2.35. The maximum Gasteiger partial charge on any atom is 0.272 e. The third kappa shape index (κ3) is 2.99. The van der Waals surface area contributed by atoms with Crippen LogP contribution in [0.4, 0.5) is 5.69 Å². The first-order valence-corrected chi connectivity index (χ1v) is 9.42. The highest BCUT2D eigenvalue weighted by Crippen LogP contribution is 2.37. The number of fused-ring (bicyclic) bond motifs is 1. The Morgan fingerprint density at radius 2 is 2.00 bits per heavy atom. The van der Waals surface area contributed by atoms with E-state index in [9.17, 15) is 14.9 Å². The van der Waals surface area contributed by atoms with Crippen LogP contribution in [-0.2, 0) is 5.75 Å². The molecule has 3 aromatic rings. The van der Waals surface area contributed by atoms with Gasteiger partial charge in [-0.15, -0.1) is 0 Å². The van der Waals surface area contributed by atoms with E-state index in [0.29, 0.717) is 27.4 Å². The van der Waals surface area contributed by atoms with Crippen molar-refractivity contribution in [2.45, 2.75) is 36.7 Å². The average molecular weight is 367 g/mol. The molecule has 6 nitrogen and oxygen atoms in total. The Morgan fingerprint density at radius 1 is 1.23 bits per heavy atom. The highest BCUT2D eigenvalue weighted by atomic mass is 32.2. The lowest BCUT2D eigenvalue weighted by atomic mass is 10.1. The van der Waals surface area contributed by atoms with Crippen LogP contribution in [0.2, 0.25) is 0 Å². The number of aromatic nitrogens is 2. The lowest BCUT2D eigenvalue weighted by Gasteiger charge is -2.13. The molecule has 1 aromatic heterocycles. The molecule has 26 heavy (non-hydrogen) atoms. The molecule has 0 spiro atoms. The number of rotatable bonds is 5. The van der Waals surface area contributed by atoms with Crippen LogP contribution in [0.25, 0.3) is 10.9 Å². The predicted octanol–water partition coefficient (Wildman–Crippen LogP) is 4.24. The Labute approximate surface area is 154 Å². The molecule has 1 heterocycles. The summed E-state index contributed by atoms with van der Waals surface area (Å²) in [6, 6.07) is 12.7. The molecule has 0 saturated heterocycles. The number of thioether (sulfide) groups is 1. The summed E-state index contributed by atoms with van der Waals surface area (Å²) < 4.78 is 1.79. The molecular weight excluding hydrogens is 350 g/mol. The Hall–Kier alpha value is -2.67. The van der Waals surface area contributed by atoms with Crippen LogP contribution >= 0.6 is 11.8 Å². The fourth-order valence-electron chi connectivity index (χ4n) is 3.05. The van der Waals surface area contributed by atoms with Gasteiger partial charge in [-0.3, -0.25) is 19.5 Å². The first-order chi connectivity index (χ1) is 12.6. The number of hydrogen-bond donors (Lipinski definition) is 0. The van der Waals surface area contributed by atoms with Gasteiger partial charge >= 0.3 is 0 Å². The largest absolute Gasteiger partial charge is 0.284 e. The second-order valence-electron chi connectivity index (χ2n) is 6.42. The lowest BCUT2D eigenvalue weighted by molar-refractivity contribution is -0.385. The van der Waals surface area contributed by atoms with Gasteiger partial charge in [-0.25, -0.2) is 4.98 Å². The quantitative estimate of drug-likeness (QED) is 0.292. The fraction of sp³-hybridized carbons (Fsp3) is 0.263. The van der Waals surface area contributed by atoms with Gasteiger partial charge in [0.25, 0.3) is 11.2 Å². The summed E-state index contributed by atoms with van der Waals surface area (Å²) in [4.78, 5) is 28.3. The number of para-hydroxylation sites is 1. The minimum atomic E-state index is -0.363. The van der Waals surface area contributed by atoms with E-state index in [-0.39, 0.29) is 22.2 Å². The molecule has 0 atom stereocenters. The molecule has 0 bridgehead atoms. The zero-order valence-electron chi connectivity index (χ0n) is 14.2. The van der Waals surface area contributed by atoms with Crippen molar-refractivity contribution in [1.29, 1.82) is 0 Å². The zero-order valence-corrected chi connectivity index (χ0v) is 15.0. The van der Waals surface area contributed by atoms with Gasteiger partial charge in [0, 0.05) is 23.4 Å². The van der Waals surface area contributed by atoms with Crippen LogP contribution < -0.4 is 5.56 Å². The van der Waals surface area contributed by atoms with E-state index in [0.717, 1.165) is 18.4 Å². The summed E-state index contributed by atoms with van der Waals surface area (Å²) >= 11 is 1.46. The Bertz CT molecular complexity index is 1070. The van der Waals surface area contributed by atoms with E-state index in [4.69, 9.17) is 4.98 Å². The van der Waals surface area contributed by atoms with Crippen LogP contribution in [0.3, 0.4) is 0 Å². The standard InChI is InChI=1S/C19H17N3O3S/c1-12-13(5-4-8-17(12)22(24)25)11-26-19-20-16-7-3-2-6-15(16)18(23)21(19)14-9-10-14/h2-8,14H,9-11H2,1H3. The molecule has 0 unspecified atom stereocenters. The van der Waals surface area contributed by atoms with Crippen molar-refractivity contribution in [1.82, 2.24) is 9.55 Å². The maximum absolute atomic E-state index is 12.9. The van der Waals surface area contributed by atoms with Crippen LogP contribution in [0.15, 0.2) is 52.4 Å². The van der Waals surface area contributed by atoms with Gasteiger partial charge in [0.05, 0.1) is 15.8 Å². The van der Waals surface area contributed by atoms with Gasteiger partial charge in [-0.2, -0.15) is 0 Å². The molecule has 1 aliphatic rings. The second-order valence-corrected chi connectivity index (χ2v) is 7.37. The minimum absolute atomic E-state index is 0.00337. The van der Waals surface area contributed by atoms with Gasteiger partial charge in [-0.1, -0.05) is 36.0 Å². The lowest BCUT2D eigenvalue weighted by Crippen LogP contribution is -2.22. The summed E-state index contributed by atoms with van der Waals surface area (Å²) in [7, 11) is 0. The van der Waals surface area contributed by atoms with Crippen LogP contribution in [0.1, 0.15) is 30.0 Å². The molecule has 7 heteroatoms. The Balaban J connectivity index is 1.72. The molecule has 1 fully saturated rings. The van der Waals surface area contributed by atoms with Crippen molar-refractivity contribution < 1.29 is 4.92 Å². The van der Waals surface area contributed by atoms with Gasteiger partial charge in [-0.05, 0) is 37.5 Å². The number of nitro groups is 1. The predicted molar refractivity (Wildman–Crippen MR) is 102 cm³/mol. The molecule has 0 N–H and O–H groups in total. The van der Waals surface area contributed by atoms with Crippen LogP contribution in [-0.4, -0.2) is 14.5 Å². The molecule has 1 saturated carbocycles. The third-order valence-electron chi connectivity index (χ3n) is 4.66. The number of hydrogen-bond acceptors (Lipinski definition) is 5. The first-order valence-electron chi connectivity index (χ1n) is 8.43. The van der Waals surface area contributed by atoms with Gasteiger partial charge < -0.3 is 0 Å². The first kappa shape index (κ1) is 16.8. The molecular formula is C19H17N3O3S. The highest BCUT2D eigenvalue weighted by molar-refractivity contribution is 7.98. The summed E-state index contributed by atoms with van der Waals surface area (Å²) in [6.07, 6.45) is 1.98. The summed E-state index contributed by atoms with van der Waals surface area (Å²) in [6.45, 7) is 1.76. The molecule has 0 amide bonds. The van der Waals surface area contributed by atoms with Crippen molar-refractivity contribution in [3.05, 3.63) is 74.1 Å². The van der Waals surface area contributed by atoms with E-state index in [1.54, 1.807) is 17.6 Å². The van der Waals surface area contributed by atoms with Crippen molar-refractivity contribution in [2.24, 2.45) is 0 Å². The van der Waals surface area contributed by atoms with Crippen molar-refractivity contribution in [3.8, 4) is 0 Å². The topological polar surface area (TPSA) is 78.0 Å². The van der Waals surface area contributed by atoms with Crippen molar-refractivity contribution in [3.63, 3.8) is 0 Å². The molecule has 0 aliphatic heterocycles. The van der Waals surface area contributed by atoms with Crippen molar-refractivity contribution >= 4 is 28.4 Å². The van der Waals surface area contributed by atoms with Crippen LogP contribution in [0, 0.1) is 17.0 Å².